The van der Waals surface area contributed by atoms with E-state index in [1.807, 2.05) is 18.2 Å². The maximum Gasteiger partial charge on any atom is 0.216 e. The summed E-state index contributed by atoms with van der Waals surface area (Å²) in [5.41, 5.74) is 0. The Kier molecular flexibility index (Phi) is 5.28. The lowest BCUT2D eigenvalue weighted by Crippen LogP contribution is -2.29. The minimum Gasteiger partial charge on any atom is -0.355 e. The van der Waals surface area contributed by atoms with Gasteiger partial charge in [-0.1, -0.05) is 30.0 Å². The summed E-state index contributed by atoms with van der Waals surface area (Å²) in [5.74, 6) is -0.0431. The molecule has 0 aliphatic rings. The average molecular weight is 240 g/mol. The van der Waals surface area contributed by atoms with Crippen LogP contribution in [-0.2, 0) is 4.79 Å². The zero-order valence-electron chi connectivity index (χ0n) is 8.34. The van der Waals surface area contributed by atoms with Crippen molar-refractivity contribution in [1.29, 1.82) is 0 Å². The Bertz CT molecular complexity index is 329. The molecule has 0 bridgehead atoms. The summed E-state index contributed by atoms with van der Waals surface area (Å²) in [6.45, 7) is 2.03. The maximum absolute atomic E-state index is 10.7. The van der Waals surface area contributed by atoms with Crippen molar-refractivity contribution in [2.75, 3.05) is 6.54 Å². The number of hydrogen-bond donors (Lipinski definition) is 1. The molecule has 0 aliphatic heterocycles. The highest BCUT2D eigenvalue weighted by atomic mass is 32.2. The maximum atomic E-state index is 10.7. The lowest BCUT2D eigenvalue weighted by atomic mass is 10.4. The van der Waals surface area contributed by atoms with Gasteiger partial charge in [-0.3, -0.25) is 4.79 Å². The lowest BCUT2D eigenvalue weighted by molar-refractivity contribution is -0.118. The van der Waals surface area contributed by atoms with Crippen molar-refractivity contribution in [1.82, 2.24) is 10.3 Å². The summed E-state index contributed by atoms with van der Waals surface area (Å²) in [6, 6.07) is 5.71. The molecule has 0 spiro atoms. The van der Waals surface area contributed by atoms with Crippen molar-refractivity contribution in [2.24, 2.45) is 0 Å². The molecule has 15 heavy (non-hydrogen) atoms. The van der Waals surface area contributed by atoms with E-state index in [9.17, 15) is 4.79 Å². The highest BCUT2D eigenvalue weighted by Crippen LogP contribution is 2.18. The second-order valence-electron chi connectivity index (χ2n) is 2.90. The highest BCUT2D eigenvalue weighted by molar-refractivity contribution is 8.01. The highest BCUT2D eigenvalue weighted by Gasteiger charge is 2.08. The minimum absolute atomic E-state index is 0.0431. The molecule has 1 atom stereocenters. The van der Waals surface area contributed by atoms with Crippen LogP contribution in [0.1, 0.15) is 6.92 Å². The third-order valence-electron chi connectivity index (χ3n) is 1.61. The van der Waals surface area contributed by atoms with E-state index in [1.165, 1.54) is 6.92 Å². The Morgan fingerprint density at radius 1 is 1.73 bits per heavy atom. The van der Waals surface area contributed by atoms with Crippen molar-refractivity contribution < 1.29 is 4.79 Å². The molecule has 0 fully saturated rings. The van der Waals surface area contributed by atoms with Crippen LogP contribution >= 0.6 is 24.0 Å². The van der Waals surface area contributed by atoms with Gasteiger partial charge in [-0.05, 0) is 17.5 Å². The van der Waals surface area contributed by atoms with E-state index in [-0.39, 0.29) is 11.2 Å². The topological polar surface area (TPSA) is 42.0 Å². The fraction of sp³-hybridized carbons (Fsp3) is 0.300. The molecule has 1 rings (SSSR count). The van der Waals surface area contributed by atoms with Gasteiger partial charge in [-0.25, -0.2) is 4.98 Å². The van der Waals surface area contributed by atoms with E-state index < -0.39 is 0 Å². The third-order valence-corrected chi connectivity index (χ3v) is 3.20. The molecule has 1 heterocycles. The third kappa shape index (κ3) is 4.90. The fourth-order valence-corrected chi connectivity index (χ4v) is 2.01. The number of carbonyl (C=O) groups excluding carboxylic acids is 1. The molecule has 0 aliphatic carbocycles. The van der Waals surface area contributed by atoms with Crippen molar-refractivity contribution in [2.45, 2.75) is 17.2 Å². The number of rotatable bonds is 5. The number of pyridine rings is 1. The number of nitrogens with zero attached hydrogens (tertiary/aromatic N) is 1. The summed E-state index contributed by atoms with van der Waals surface area (Å²) < 4.78 is 0. The van der Waals surface area contributed by atoms with E-state index in [0.29, 0.717) is 6.54 Å². The Balaban J connectivity index is 2.47. The predicted octanol–water partition coefficient (Wildman–Crippen LogP) is 1.68. The molecule has 1 aromatic heterocycles. The zero-order chi connectivity index (χ0) is 11.1. The number of amides is 1. The number of aromatic nitrogens is 1. The molecular formula is C10H12N2OS2. The number of thioether (sulfide) groups is 1. The van der Waals surface area contributed by atoms with Crippen LogP contribution in [-0.4, -0.2) is 28.1 Å². The monoisotopic (exact) mass is 240 g/mol. The van der Waals surface area contributed by atoms with Crippen LogP contribution < -0.4 is 5.32 Å². The minimum atomic E-state index is -0.0431. The first-order chi connectivity index (χ1) is 7.22. The fourth-order valence-electron chi connectivity index (χ4n) is 0.934. The van der Waals surface area contributed by atoms with Gasteiger partial charge in [0.05, 0.1) is 10.3 Å². The van der Waals surface area contributed by atoms with Gasteiger partial charge >= 0.3 is 0 Å². The lowest BCUT2D eigenvalue weighted by Gasteiger charge is -2.10. The van der Waals surface area contributed by atoms with Crippen LogP contribution in [0, 0.1) is 0 Å². The molecule has 1 aromatic rings. The number of thiocarbonyl (C=S) groups is 1. The van der Waals surface area contributed by atoms with Gasteiger partial charge in [-0.2, -0.15) is 0 Å². The largest absolute Gasteiger partial charge is 0.355 e. The van der Waals surface area contributed by atoms with Gasteiger partial charge in [0.1, 0.15) is 0 Å². The Morgan fingerprint density at radius 3 is 3.07 bits per heavy atom. The molecule has 5 heteroatoms. The first-order valence-corrected chi connectivity index (χ1v) is 5.85. The first kappa shape index (κ1) is 12.1. The molecule has 0 saturated carbocycles. The summed E-state index contributed by atoms with van der Waals surface area (Å²) in [4.78, 5) is 14.9. The molecule has 0 saturated heterocycles. The predicted molar refractivity (Wildman–Crippen MR) is 66.2 cm³/mol. The standard InChI is InChI=1S/C10H12N2OS2/c1-8(13)12-6-9(7-14)15-10-4-2-3-5-11-10/h2-5,7,9H,6H2,1H3,(H,12,13). The molecule has 1 unspecified atom stereocenters. The van der Waals surface area contributed by atoms with Crippen molar-refractivity contribution in [3.05, 3.63) is 24.4 Å². The molecule has 3 nitrogen and oxygen atoms in total. The molecule has 80 valence electrons. The Morgan fingerprint density at radius 2 is 2.53 bits per heavy atom. The summed E-state index contributed by atoms with van der Waals surface area (Å²) in [6.07, 6.45) is 1.74. The van der Waals surface area contributed by atoms with Crippen molar-refractivity contribution >= 4 is 35.3 Å². The van der Waals surface area contributed by atoms with Gasteiger partial charge in [-0.15, -0.1) is 0 Å². The normalized spacial score (nSPS) is 11.8. The van der Waals surface area contributed by atoms with Crippen LogP contribution in [0.15, 0.2) is 29.4 Å². The number of carbonyl (C=O) groups is 1. The van der Waals surface area contributed by atoms with Crippen LogP contribution in [0.25, 0.3) is 0 Å². The van der Waals surface area contributed by atoms with E-state index >= 15 is 0 Å². The smallest absolute Gasteiger partial charge is 0.216 e. The second-order valence-corrected chi connectivity index (χ2v) is 4.43. The van der Waals surface area contributed by atoms with Gasteiger partial charge in [0.25, 0.3) is 0 Å². The molecule has 1 N–H and O–H groups in total. The van der Waals surface area contributed by atoms with Crippen LogP contribution in [0.4, 0.5) is 0 Å². The summed E-state index contributed by atoms with van der Waals surface area (Å²) in [5, 5.41) is 5.37. The molecular weight excluding hydrogens is 228 g/mol. The van der Waals surface area contributed by atoms with E-state index in [4.69, 9.17) is 12.2 Å². The van der Waals surface area contributed by atoms with Gasteiger partial charge in [0.2, 0.25) is 5.91 Å². The molecule has 0 radical (unpaired) electrons. The van der Waals surface area contributed by atoms with Crippen molar-refractivity contribution in [3.63, 3.8) is 0 Å². The number of hydrogen-bond acceptors (Lipinski definition) is 4. The van der Waals surface area contributed by atoms with Crippen molar-refractivity contribution in [3.8, 4) is 0 Å². The molecule has 1 amide bonds. The number of nitrogens with one attached hydrogen (secondary N) is 1. The SMILES string of the molecule is CC(=O)NCC(C=S)Sc1ccccn1. The van der Waals surface area contributed by atoms with Gasteiger partial charge in [0, 0.05) is 19.7 Å². The van der Waals surface area contributed by atoms with Crippen LogP contribution in [0.5, 0.6) is 0 Å². The van der Waals surface area contributed by atoms with Crippen LogP contribution in [0.3, 0.4) is 0 Å². The Labute approximate surface area is 98.7 Å². The van der Waals surface area contributed by atoms with E-state index in [2.05, 4.69) is 10.3 Å². The molecule has 0 aromatic carbocycles. The zero-order valence-corrected chi connectivity index (χ0v) is 9.98. The first-order valence-electron chi connectivity index (χ1n) is 4.50. The summed E-state index contributed by atoms with van der Waals surface area (Å²) >= 11 is 6.44. The van der Waals surface area contributed by atoms with Gasteiger partial charge in [0.15, 0.2) is 0 Å². The van der Waals surface area contributed by atoms with Gasteiger partial charge < -0.3 is 5.32 Å². The van der Waals surface area contributed by atoms with Crippen LogP contribution in [0.2, 0.25) is 0 Å². The quantitative estimate of drug-likeness (QED) is 0.628. The average Bonchev–Trinajstić information content (AvgIpc) is 2.25. The van der Waals surface area contributed by atoms with E-state index in [0.717, 1.165) is 5.03 Å². The van der Waals surface area contributed by atoms with E-state index in [1.54, 1.807) is 23.3 Å². The Hall–Kier alpha value is -0.940. The second kappa shape index (κ2) is 6.53. The summed E-state index contributed by atoms with van der Waals surface area (Å²) in [7, 11) is 0.